The number of ether oxygens (including phenoxy) is 1. The molecule has 6 aromatic carbocycles. The van der Waals surface area contributed by atoms with Gasteiger partial charge in [0, 0.05) is 18.2 Å². The lowest BCUT2D eigenvalue weighted by atomic mass is 9.76. The summed E-state index contributed by atoms with van der Waals surface area (Å²) >= 11 is 0. The Bertz CT molecular complexity index is 1880. The summed E-state index contributed by atoms with van der Waals surface area (Å²) in [6.45, 7) is 1.29. The minimum Gasteiger partial charge on any atom is -0.436 e. The Morgan fingerprint density at radius 2 is 1.12 bits per heavy atom. The van der Waals surface area contributed by atoms with Crippen LogP contribution in [0.5, 0.6) is 0 Å². The molecule has 0 saturated heterocycles. The summed E-state index contributed by atoms with van der Waals surface area (Å²) in [5, 5.41) is 4.19. The zero-order chi connectivity index (χ0) is 33.1. The average Bonchev–Trinajstić information content (AvgIpc) is 3.61. The predicted octanol–water partition coefficient (Wildman–Crippen LogP) is 10.0. The van der Waals surface area contributed by atoms with Crippen molar-refractivity contribution in [2.45, 2.75) is 37.3 Å². The van der Waals surface area contributed by atoms with Crippen molar-refractivity contribution in [2.24, 2.45) is 0 Å². The third-order valence-electron chi connectivity index (χ3n) is 9.18. The quantitative estimate of drug-likeness (QED) is 0.0893. The molecule has 1 aromatic heterocycles. The van der Waals surface area contributed by atoms with E-state index in [1.807, 2.05) is 24.3 Å². The highest BCUT2D eigenvalue weighted by Gasteiger charge is 2.38. The number of nitrogens with zero attached hydrogens (tertiary/aromatic N) is 1. The van der Waals surface area contributed by atoms with Crippen molar-refractivity contribution in [3.8, 4) is 11.5 Å². The van der Waals surface area contributed by atoms with Crippen molar-refractivity contribution in [1.82, 2.24) is 10.3 Å². The molecule has 0 aliphatic carbocycles. The Labute approximate surface area is 289 Å². The van der Waals surface area contributed by atoms with E-state index in [9.17, 15) is 0 Å². The van der Waals surface area contributed by atoms with Crippen LogP contribution in [0.25, 0.3) is 22.6 Å². The molecule has 49 heavy (non-hydrogen) atoms. The van der Waals surface area contributed by atoms with Gasteiger partial charge in [-0.3, -0.25) is 5.32 Å². The Hall–Kier alpha value is -5.29. The largest absolute Gasteiger partial charge is 0.436 e. The van der Waals surface area contributed by atoms with Gasteiger partial charge in [-0.2, -0.15) is 0 Å². The minimum absolute atomic E-state index is 0.00455. The summed E-state index contributed by atoms with van der Waals surface area (Å²) in [6.07, 6.45) is 3.97. The monoisotopic (exact) mass is 642 g/mol. The second-order valence-corrected chi connectivity index (χ2v) is 12.6. The normalized spacial score (nSPS) is 12.2. The fourth-order valence-electron chi connectivity index (χ4n) is 6.74. The zero-order valence-electron chi connectivity index (χ0n) is 27.7. The van der Waals surface area contributed by atoms with Gasteiger partial charge in [-0.1, -0.05) is 146 Å². The van der Waals surface area contributed by atoms with Gasteiger partial charge in [-0.05, 0) is 77.8 Å². The number of nitrogens with one attached hydrogen (secondary N) is 1. The van der Waals surface area contributed by atoms with Gasteiger partial charge in [-0.15, -0.1) is 0 Å². The van der Waals surface area contributed by atoms with Gasteiger partial charge in [0.05, 0.1) is 12.1 Å². The molecule has 1 N–H and O–H groups in total. The van der Waals surface area contributed by atoms with Crippen LogP contribution < -0.4 is 5.32 Å². The standard InChI is InChI=1S/C45H42N2O2/c1-5-17-35(18-6-1)19-15-16-32-48-34-41(33-36-28-30-37(31-29-36)44-46-42-26-13-14-27-43(42)49-44)47-45(38-20-7-2-8-21-38,39-22-9-3-10-23-39)40-24-11-4-12-25-40/h1-14,17-18,20-31,41,47H,15-16,19,32-34H2. The summed E-state index contributed by atoms with van der Waals surface area (Å²) in [6, 6.07) is 59.5. The molecule has 0 spiro atoms. The van der Waals surface area contributed by atoms with Crippen molar-refractivity contribution in [1.29, 1.82) is 0 Å². The molecule has 0 aliphatic rings. The maximum Gasteiger partial charge on any atom is 0.227 e. The molecule has 7 rings (SSSR count). The van der Waals surface area contributed by atoms with Crippen molar-refractivity contribution < 1.29 is 9.15 Å². The molecule has 1 atom stereocenters. The van der Waals surface area contributed by atoms with Crippen molar-refractivity contribution in [3.05, 3.63) is 198 Å². The van der Waals surface area contributed by atoms with E-state index < -0.39 is 5.54 Å². The smallest absolute Gasteiger partial charge is 0.227 e. The molecule has 0 aliphatic heterocycles. The van der Waals surface area contributed by atoms with Gasteiger partial charge >= 0.3 is 0 Å². The van der Waals surface area contributed by atoms with E-state index in [2.05, 4.69) is 151 Å². The first-order chi connectivity index (χ1) is 24.3. The molecule has 0 amide bonds. The third kappa shape index (κ3) is 7.73. The summed E-state index contributed by atoms with van der Waals surface area (Å²) in [5.41, 5.74) is 8.19. The summed E-state index contributed by atoms with van der Waals surface area (Å²) in [4.78, 5) is 4.71. The minimum atomic E-state index is -0.594. The highest BCUT2D eigenvalue weighted by molar-refractivity contribution is 5.76. The molecule has 0 radical (unpaired) electrons. The summed E-state index contributed by atoms with van der Waals surface area (Å²) in [5.74, 6) is 0.637. The van der Waals surface area contributed by atoms with E-state index in [0.29, 0.717) is 12.5 Å². The number of unbranched alkanes of at least 4 members (excludes halogenated alkanes) is 1. The van der Waals surface area contributed by atoms with Gasteiger partial charge in [0.1, 0.15) is 5.52 Å². The summed E-state index contributed by atoms with van der Waals surface area (Å²) < 4.78 is 12.6. The second kappa shape index (κ2) is 15.7. The van der Waals surface area contributed by atoms with Crippen LogP contribution in [0.4, 0.5) is 0 Å². The van der Waals surface area contributed by atoms with E-state index in [0.717, 1.165) is 49.0 Å². The van der Waals surface area contributed by atoms with Crippen LogP contribution in [0, 0.1) is 0 Å². The number of hydrogen-bond donors (Lipinski definition) is 1. The zero-order valence-corrected chi connectivity index (χ0v) is 27.7. The van der Waals surface area contributed by atoms with Crippen LogP contribution in [-0.2, 0) is 23.1 Å². The van der Waals surface area contributed by atoms with Crippen LogP contribution in [-0.4, -0.2) is 24.2 Å². The van der Waals surface area contributed by atoms with E-state index >= 15 is 0 Å². The molecular weight excluding hydrogens is 601 g/mol. The number of benzene rings is 6. The van der Waals surface area contributed by atoms with Gasteiger partial charge in [0.2, 0.25) is 5.89 Å². The molecule has 0 fully saturated rings. The molecule has 1 unspecified atom stereocenters. The molecule has 4 nitrogen and oxygen atoms in total. The predicted molar refractivity (Wildman–Crippen MR) is 199 cm³/mol. The first kappa shape index (κ1) is 32.3. The maximum atomic E-state index is 6.50. The number of aryl methyl sites for hydroxylation is 1. The van der Waals surface area contributed by atoms with Crippen LogP contribution in [0.1, 0.15) is 40.7 Å². The topological polar surface area (TPSA) is 47.3 Å². The molecule has 1 heterocycles. The number of oxazole rings is 1. The molecule has 244 valence electrons. The average molecular weight is 643 g/mol. The number of fused-ring (bicyclic) bond motifs is 1. The molecule has 0 saturated carbocycles. The first-order valence-corrected chi connectivity index (χ1v) is 17.3. The number of hydrogen-bond acceptors (Lipinski definition) is 4. The summed E-state index contributed by atoms with van der Waals surface area (Å²) in [7, 11) is 0. The van der Waals surface area contributed by atoms with Crippen molar-refractivity contribution >= 4 is 11.1 Å². The Balaban J connectivity index is 1.17. The third-order valence-corrected chi connectivity index (χ3v) is 9.18. The van der Waals surface area contributed by atoms with Crippen molar-refractivity contribution in [2.75, 3.05) is 13.2 Å². The Kier molecular flexibility index (Phi) is 10.4. The lowest BCUT2D eigenvalue weighted by molar-refractivity contribution is 0.101. The number of aromatic nitrogens is 1. The molecule has 7 aromatic rings. The fourth-order valence-corrected chi connectivity index (χ4v) is 6.74. The first-order valence-electron chi connectivity index (χ1n) is 17.3. The van der Waals surface area contributed by atoms with Crippen LogP contribution >= 0.6 is 0 Å². The molecular formula is C45H42N2O2. The van der Waals surface area contributed by atoms with E-state index in [4.69, 9.17) is 14.1 Å². The Morgan fingerprint density at radius 3 is 1.71 bits per heavy atom. The van der Waals surface area contributed by atoms with E-state index in [-0.39, 0.29) is 6.04 Å². The van der Waals surface area contributed by atoms with Gasteiger partial charge in [0.25, 0.3) is 0 Å². The van der Waals surface area contributed by atoms with Crippen LogP contribution in [0.15, 0.2) is 174 Å². The van der Waals surface area contributed by atoms with Gasteiger partial charge in [-0.25, -0.2) is 4.98 Å². The highest BCUT2D eigenvalue weighted by Crippen LogP contribution is 2.37. The maximum absolute atomic E-state index is 6.50. The van der Waals surface area contributed by atoms with Gasteiger partial charge in [0.15, 0.2) is 5.58 Å². The number of para-hydroxylation sites is 2. The van der Waals surface area contributed by atoms with Gasteiger partial charge < -0.3 is 9.15 Å². The lowest BCUT2D eigenvalue weighted by Crippen LogP contribution is -2.52. The highest BCUT2D eigenvalue weighted by atomic mass is 16.5. The van der Waals surface area contributed by atoms with E-state index in [1.165, 1.54) is 27.8 Å². The second-order valence-electron chi connectivity index (χ2n) is 12.6. The Morgan fingerprint density at radius 1 is 0.571 bits per heavy atom. The van der Waals surface area contributed by atoms with Crippen LogP contribution in [0.2, 0.25) is 0 Å². The van der Waals surface area contributed by atoms with Crippen LogP contribution in [0.3, 0.4) is 0 Å². The van der Waals surface area contributed by atoms with E-state index in [1.54, 1.807) is 0 Å². The number of rotatable bonds is 15. The molecule has 0 bridgehead atoms. The lowest BCUT2D eigenvalue weighted by Gasteiger charge is -2.40. The fraction of sp³-hybridized carbons (Fsp3) is 0.178. The van der Waals surface area contributed by atoms with Crippen molar-refractivity contribution in [3.63, 3.8) is 0 Å². The molecule has 4 heteroatoms. The SMILES string of the molecule is c1ccc(CCCCOCC(Cc2ccc(-c3nc4ccccc4o3)cc2)NC(c2ccccc2)(c2ccccc2)c2ccccc2)cc1.